The van der Waals surface area contributed by atoms with Crippen molar-refractivity contribution in [2.45, 2.75) is 52.0 Å². The fourth-order valence-corrected chi connectivity index (χ4v) is 2.15. The van der Waals surface area contributed by atoms with Crippen LogP contribution in [0.1, 0.15) is 49.5 Å². The van der Waals surface area contributed by atoms with Gasteiger partial charge in [-0.3, -0.25) is 0 Å². The lowest BCUT2D eigenvalue weighted by molar-refractivity contribution is 0.347. The van der Waals surface area contributed by atoms with Gasteiger partial charge in [0.2, 0.25) is 0 Å². The zero-order valence-electron chi connectivity index (χ0n) is 8.51. The van der Waals surface area contributed by atoms with Crippen molar-refractivity contribution in [3.05, 3.63) is 17.7 Å². The van der Waals surface area contributed by atoms with Crippen LogP contribution in [0.2, 0.25) is 0 Å². The third-order valence-corrected chi connectivity index (χ3v) is 3.15. The molecule has 1 heterocycles. The van der Waals surface area contributed by atoms with Crippen LogP contribution in [0, 0.1) is 20.2 Å². The second-order valence-electron chi connectivity index (χ2n) is 4.04. The van der Waals surface area contributed by atoms with Gasteiger partial charge in [0.1, 0.15) is 0 Å². The highest BCUT2D eigenvalue weighted by atomic mass is 15.1. The molecule has 1 fully saturated rings. The van der Waals surface area contributed by atoms with Crippen LogP contribution in [0.15, 0.2) is 0 Å². The Morgan fingerprint density at radius 3 is 2.46 bits per heavy atom. The minimum atomic E-state index is 0.676. The summed E-state index contributed by atoms with van der Waals surface area (Å²) in [7, 11) is 0. The number of nitrogens with zero attached hydrogens (tertiary/aromatic N) is 2. The Morgan fingerprint density at radius 1 is 1.23 bits per heavy atom. The molecule has 0 unspecified atom stereocenters. The van der Waals surface area contributed by atoms with Gasteiger partial charge in [-0.15, -0.1) is 0 Å². The van der Waals surface area contributed by atoms with Crippen LogP contribution in [0.5, 0.6) is 0 Å². The smallest absolute Gasteiger partial charge is 0.177 e. The minimum Gasteiger partial charge on any atom is -0.322 e. The van der Waals surface area contributed by atoms with E-state index in [0.717, 1.165) is 5.69 Å². The highest BCUT2D eigenvalue weighted by Crippen LogP contribution is 2.29. The Bertz CT molecular complexity index is 282. The van der Waals surface area contributed by atoms with E-state index >= 15 is 0 Å². The molecule has 1 aliphatic carbocycles. The molecule has 2 nitrogen and oxygen atoms in total. The highest BCUT2D eigenvalue weighted by molar-refractivity contribution is 5.09. The van der Waals surface area contributed by atoms with Gasteiger partial charge in [0.25, 0.3) is 0 Å². The van der Waals surface area contributed by atoms with Crippen molar-refractivity contribution >= 4 is 0 Å². The zero-order valence-corrected chi connectivity index (χ0v) is 8.51. The van der Waals surface area contributed by atoms with Crippen molar-refractivity contribution < 1.29 is 0 Å². The van der Waals surface area contributed by atoms with Crippen LogP contribution in [-0.2, 0) is 0 Å². The molecule has 2 rings (SSSR count). The molecule has 0 amide bonds. The van der Waals surface area contributed by atoms with E-state index in [-0.39, 0.29) is 0 Å². The fraction of sp³-hybridized carbons (Fsp3) is 0.727. The Hall–Kier alpha value is -0.790. The number of hydrogen-bond donors (Lipinski definition) is 0. The van der Waals surface area contributed by atoms with Gasteiger partial charge in [-0.1, -0.05) is 19.3 Å². The number of aryl methyl sites for hydroxylation is 1. The van der Waals surface area contributed by atoms with Crippen molar-refractivity contribution in [3.8, 4) is 0 Å². The van der Waals surface area contributed by atoms with Gasteiger partial charge < -0.3 is 4.57 Å². The molecule has 0 bridgehead atoms. The summed E-state index contributed by atoms with van der Waals surface area (Å²) in [6.45, 7) is 4.21. The summed E-state index contributed by atoms with van der Waals surface area (Å²) >= 11 is 0. The molecular weight excluding hydrogens is 160 g/mol. The highest BCUT2D eigenvalue weighted by Gasteiger charge is 2.17. The van der Waals surface area contributed by atoms with Gasteiger partial charge in [0.05, 0.1) is 5.69 Å². The molecule has 0 aromatic carbocycles. The Balaban J connectivity index is 2.18. The quantitative estimate of drug-likeness (QED) is 0.645. The maximum absolute atomic E-state index is 4.23. The average molecular weight is 177 g/mol. The topological polar surface area (TPSA) is 17.8 Å². The third-order valence-electron chi connectivity index (χ3n) is 3.15. The molecule has 1 aliphatic rings. The van der Waals surface area contributed by atoms with Crippen LogP contribution in [0.4, 0.5) is 0 Å². The van der Waals surface area contributed by atoms with Crippen LogP contribution in [0.3, 0.4) is 0 Å². The van der Waals surface area contributed by atoms with E-state index in [0.29, 0.717) is 6.04 Å². The number of imidazole rings is 1. The molecule has 2 heteroatoms. The lowest BCUT2D eigenvalue weighted by atomic mass is 9.95. The molecule has 71 valence electrons. The standard InChI is InChI=1S/C11H17N2/c1-9-10(2)13(8-12-9)11-6-4-3-5-7-11/h11H,3-7H2,1-2H3. The van der Waals surface area contributed by atoms with Crippen LogP contribution < -0.4 is 0 Å². The van der Waals surface area contributed by atoms with Gasteiger partial charge in [0, 0.05) is 11.7 Å². The lowest BCUT2D eigenvalue weighted by Crippen LogP contribution is -2.13. The SMILES string of the molecule is Cc1n[c]n(C2CCCCC2)c1C. The summed E-state index contributed by atoms with van der Waals surface area (Å²) in [5.74, 6) is 0. The first kappa shape index (κ1) is 8.79. The molecule has 13 heavy (non-hydrogen) atoms. The molecular formula is C11H17N2. The Kier molecular flexibility index (Phi) is 2.38. The lowest BCUT2D eigenvalue weighted by Gasteiger charge is -2.23. The molecule has 1 aromatic rings. The molecule has 1 aromatic heterocycles. The summed E-state index contributed by atoms with van der Waals surface area (Å²) in [5.41, 5.74) is 2.43. The Labute approximate surface area is 80.0 Å². The average Bonchev–Trinajstić information content (AvgIpc) is 2.49. The number of rotatable bonds is 1. The van der Waals surface area contributed by atoms with Crippen LogP contribution in [-0.4, -0.2) is 9.55 Å². The third kappa shape index (κ3) is 1.62. The van der Waals surface area contributed by atoms with Crippen molar-refractivity contribution in [2.24, 2.45) is 0 Å². The van der Waals surface area contributed by atoms with Crippen molar-refractivity contribution in [3.63, 3.8) is 0 Å². The monoisotopic (exact) mass is 177 g/mol. The molecule has 0 N–H and O–H groups in total. The van der Waals surface area contributed by atoms with Gasteiger partial charge >= 0.3 is 0 Å². The predicted molar refractivity (Wildman–Crippen MR) is 52.7 cm³/mol. The molecule has 1 radical (unpaired) electrons. The zero-order chi connectivity index (χ0) is 9.26. The van der Waals surface area contributed by atoms with E-state index in [1.54, 1.807) is 0 Å². The van der Waals surface area contributed by atoms with Gasteiger partial charge in [0.15, 0.2) is 6.33 Å². The van der Waals surface area contributed by atoms with Crippen molar-refractivity contribution in [1.82, 2.24) is 9.55 Å². The fourth-order valence-electron chi connectivity index (χ4n) is 2.15. The maximum Gasteiger partial charge on any atom is 0.177 e. The number of aromatic nitrogens is 2. The first-order valence-corrected chi connectivity index (χ1v) is 5.22. The van der Waals surface area contributed by atoms with E-state index in [2.05, 4.69) is 29.7 Å². The second-order valence-corrected chi connectivity index (χ2v) is 4.04. The summed E-state index contributed by atoms with van der Waals surface area (Å²) in [6.07, 6.45) is 9.88. The van der Waals surface area contributed by atoms with Crippen LogP contribution in [0.25, 0.3) is 0 Å². The van der Waals surface area contributed by atoms with Gasteiger partial charge in [-0.25, -0.2) is 4.98 Å². The molecule has 0 spiro atoms. The Morgan fingerprint density at radius 2 is 1.92 bits per heavy atom. The second kappa shape index (κ2) is 3.52. The van der Waals surface area contributed by atoms with E-state index in [1.165, 1.54) is 37.8 Å². The van der Waals surface area contributed by atoms with E-state index < -0.39 is 0 Å². The van der Waals surface area contributed by atoms with E-state index in [9.17, 15) is 0 Å². The molecule has 0 saturated heterocycles. The van der Waals surface area contributed by atoms with Crippen molar-refractivity contribution in [1.29, 1.82) is 0 Å². The molecule has 0 aliphatic heterocycles. The predicted octanol–water partition coefficient (Wildman–Crippen LogP) is 2.81. The first-order chi connectivity index (χ1) is 6.29. The van der Waals surface area contributed by atoms with E-state index in [1.807, 2.05) is 0 Å². The minimum absolute atomic E-state index is 0.676. The maximum atomic E-state index is 4.23. The van der Waals surface area contributed by atoms with Crippen molar-refractivity contribution in [2.75, 3.05) is 0 Å². The normalized spacial score (nSPS) is 19.2. The summed E-state index contributed by atoms with van der Waals surface area (Å²) in [6, 6.07) is 0.676. The summed E-state index contributed by atoms with van der Waals surface area (Å²) in [5, 5.41) is 0. The van der Waals surface area contributed by atoms with Gasteiger partial charge in [-0.2, -0.15) is 0 Å². The van der Waals surface area contributed by atoms with Gasteiger partial charge in [-0.05, 0) is 26.7 Å². The molecule has 1 saturated carbocycles. The van der Waals surface area contributed by atoms with E-state index in [4.69, 9.17) is 0 Å². The van der Waals surface area contributed by atoms with Crippen LogP contribution >= 0.6 is 0 Å². The molecule has 0 atom stereocenters. The first-order valence-electron chi connectivity index (χ1n) is 5.22. The number of hydrogen-bond acceptors (Lipinski definition) is 1. The summed E-state index contributed by atoms with van der Waals surface area (Å²) < 4.78 is 2.24. The summed E-state index contributed by atoms with van der Waals surface area (Å²) in [4.78, 5) is 4.23. The largest absolute Gasteiger partial charge is 0.322 e.